The monoisotopic (exact) mass is 236 g/mol. The van der Waals surface area contributed by atoms with Gasteiger partial charge in [-0.15, -0.1) is 11.3 Å². The van der Waals surface area contributed by atoms with E-state index < -0.39 is 0 Å². The molecule has 4 aromatic rings. The Morgan fingerprint density at radius 2 is 1.82 bits per heavy atom. The van der Waals surface area contributed by atoms with E-state index in [2.05, 4.69) is 46.4 Å². The number of aromatic nitrogens is 2. The van der Waals surface area contributed by atoms with Crippen LogP contribution in [0.2, 0.25) is 0 Å². The fourth-order valence-electron chi connectivity index (χ4n) is 2.25. The summed E-state index contributed by atoms with van der Waals surface area (Å²) in [5.41, 5.74) is 0. The molecule has 2 nitrogen and oxygen atoms in total. The standard InChI is InChI=1S/C14H8N2S/c1-2-4-10-9(3-1)5-6-11-12-7-15-8-16-14(12)17-13(10)11/h1-8H. The Balaban J connectivity index is 2.34. The Bertz CT molecular complexity index is 848. The molecular weight excluding hydrogens is 228 g/mol. The van der Waals surface area contributed by atoms with Crippen molar-refractivity contribution in [2.75, 3.05) is 0 Å². The van der Waals surface area contributed by atoms with Crippen LogP contribution >= 0.6 is 11.3 Å². The van der Waals surface area contributed by atoms with Gasteiger partial charge in [-0.25, -0.2) is 9.97 Å². The smallest absolute Gasteiger partial charge is 0.127 e. The van der Waals surface area contributed by atoms with E-state index in [1.807, 2.05) is 6.20 Å². The Labute approximate surface area is 102 Å². The maximum atomic E-state index is 4.33. The Morgan fingerprint density at radius 3 is 2.82 bits per heavy atom. The number of thiophene rings is 1. The third kappa shape index (κ3) is 1.20. The second-order valence-electron chi connectivity index (χ2n) is 4.01. The number of benzene rings is 2. The first-order chi connectivity index (χ1) is 8.43. The van der Waals surface area contributed by atoms with Gasteiger partial charge >= 0.3 is 0 Å². The van der Waals surface area contributed by atoms with Crippen LogP contribution in [0.1, 0.15) is 0 Å². The fraction of sp³-hybridized carbons (Fsp3) is 0. The lowest BCUT2D eigenvalue weighted by Gasteiger charge is -1.98. The molecule has 0 bridgehead atoms. The molecule has 0 spiro atoms. The SMILES string of the molecule is c1ccc2c(c1)ccc1c3cncnc3sc21. The summed E-state index contributed by atoms with van der Waals surface area (Å²) in [6.07, 6.45) is 3.51. The minimum absolute atomic E-state index is 1.06. The van der Waals surface area contributed by atoms with E-state index in [0.29, 0.717) is 0 Å². The van der Waals surface area contributed by atoms with Crippen molar-refractivity contribution >= 4 is 42.4 Å². The molecule has 0 N–H and O–H groups in total. The first kappa shape index (κ1) is 9.07. The quantitative estimate of drug-likeness (QED) is 0.461. The molecule has 80 valence electrons. The van der Waals surface area contributed by atoms with Crippen LogP contribution in [-0.4, -0.2) is 9.97 Å². The van der Waals surface area contributed by atoms with Crippen LogP contribution in [0.25, 0.3) is 31.1 Å². The minimum Gasteiger partial charge on any atom is -0.244 e. The summed E-state index contributed by atoms with van der Waals surface area (Å²) in [6, 6.07) is 12.8. The predicted octanol–water partition coefficient (Wildman–Crippen LogP) is 4.00. The van der Waals surface area contributed by atoms with Gasteiger partial charge < -0.3 is 0 Å². The van der Waals surface area contributed by atoms with Crippen molar-refractivity contribution in [1.82, 2.24) is 9.97 Å². The summed E-state index contributed by atoms with van der Waals surface area (Å²) in [5.74, 6) is 0. The van der Waals surface area contributed by atoms with Crippen molar-refractivity contribution in [2.45, 2.75) is 0 Å². The largest absolute Gasteiger partial charge is 0.244 e. The van der Waals surface area contributed by atoms with Gasteiger partial charge in [-0.2, -0.15) is 0 Å². The zero-order valence-corrected chi connectivity index (χ0v) is 9.74. The van der Waals surface area contributed by atoms with E-state index in [9.17, 15) is 0 Å². The van der Waals surface area contributed by atoms with E-state index in [1.54, 1.807) is 17.7 Å². The summed E-state index contributed by atoms with van der Waals surface area (Å²) >= 11 is 1.74. The Morgan fingerprint density at radius 1 is 0.882 bits per heavy atom. The highest BCUT2D eigenvalue weighted by Crippen LogP contribution is 2.36. The van der Waals surface area contributed by atoms with Crippen LogP contribution in [0.3, 0.4) is 0 Å². The Kier molecular flexibility index (Phi) is 1.73. The van der Waals surface area contributed by atoms with E-state index in [1.165, 1.54) is 20.9 Å². The molecule has 17 heavy (non-hydrogen) atoms. The lowest BCUT2D eigenvalue weighted by Crippen LogP contribution is -1.74. The van der Waals surface area contributed by atoms with Crippen molar-refractivity contribution in [3.63, 3.8) is 0 Å². The average molecular weight is 236 g/mol. The molecule has 3 heteroatoms. The molecular formula is C14H8N2S. The Hall–Kier alpha value is -2.00. The second kappa shape index (κ2) is 3.25. The fourth-order valence-corrected chi connectivity index (χ4v) is 3.40. The van der Waals surface area contributed by atoms with Crippen LogP contribution in [0, 0.1) is 0 Å². The van der Waals surface area contributed by atoms with E-state index in [4.69, 9.17) is 0 Å². The maximum Gasteiger partial charge on any atom is 0.127 e. The molecule has 0 aliphatic heterocycles. The molecule has 0 aliphatic carbocycles. The lowest BCUT2D eigenvalue weighted by molar-refractivity contribution is 1.24. The van der Waals surface area contributed by atoms with Crippen molar-refractivity contribution in [1.29, 1.82) is 0 Å². The highest BCUT2D eigenvalue weighted by Gasteiger charge is 2.08. The van der Waals surface area contributed by atoms with Gasteiger partial charge in [0.15, 0.2) is 0 Å². The van der Waals surface area contributed by atoms with Crippen LogP contribution in [-0.2, 0) is 0 Å². The molecule has 0 radical (unpaired) electrons. The van der Waals surface area contributed by atoms with Crippen molar-refractivity contribution < 1.29 is 0 Å². The summed E-state index contributed by atoms with van der Waals surface area (Å²) in [7, 11) is 0. The van der Waals surface area contributed by atoms with Crippen LogP contribution in [0.4, 0.5) is 0 Å². The third-order valence-corrected chi connectivity index (χ3v) is 4.21. The zero-order chi connectivity index (χ0) is 11.2. The number of rotatable bonds is 0. The summed E-state index contributed by atoms with van der Waals surface area (Å²) in [5, 5.41) is 4.98. The molecule has 0 saturated heterocycles. The van der Waals surface area contributed by atoms with Gasteiger partial charge in [-0.3, -0.25) is 0 Å². The molecule has 2 aromatic carbocycles. The van der Waals surface area contributed by atoms with Gasteiger partial charge in [0.25, 0.3) is 0 Å². The van der Waals surface area contributed by atoms with Gasteiger partial charge in [0.1, 0.15) is 11.2 Å². The molecule has 2 aromatic heterocycles. The van der Waals surface area contributed by atoms with Crippen LogP contribution in [0.15, 0.2) is 48.9 Å². The second-order valence-corrected chi connectivity index (χ2v) is 5.01. The van der Waals surface area contributed by atoms with E-state index in [-0.39, 0.29) is 0 Å². The van der Waals surface area contributed by atoms with Gasteiger partial charge in [0.2, 0.25) is 0 Å². The molecule has 0 fully saturated rings. The first-order valence-electron chi connectivity index (χ1n) is 5.43. The predicted molar refractivity (Wildman–Crippen MR) is 72.4 cm³/mol. The van der Waals surface area contributed by atoms with Crippen molar-refractivity contribution in [2.24, 2.45) is 0 Å². The molecule has 0 amide bonds. The molecule has 0 atom stereocenters. The van der Waals surface area contributed by atoms with Crippen molar-refractivity contribution in [3.05, 3.63) is 48.9 Å². The van der Waals surface area contributed by atoms with Crippen LogP contribution in [0.5, 0.6) is 0 Å². The lowest BCUT2D eigenvalue weighted by atomic mass is 10.1. The topological polar surface area (TPSA) is 25.8 Å². The van der Waals surface area contributed by atoms with Crippen molar-refractivity contribution in [3.8, 4) is 0 Å². The maximum absolute atomic E-state index is 4.33. The summed E-state index contributed by atoms with van der Waals surface area (Å²) < 4.78 is 1.30. The highest BCUT2D eigenvalue weighted by molar-refractivity contribution is 7.26. The van der Waals surface area contributed by atoms with Gasteiger partial charge in [-0.05, 0) is 10.8 Å². The number of fused-ring (bicyclic) bond motifs is 5. The van der Waals surface area contributed by atoms with E-state index >= 15 is 0 Å². The summed E-state index contributed by atoms with van der Waals surface area (Å²) in [4.78, 5) is 9.50. The third-order valence-electron chi connectivity index (χ3n) is 3.04. The van der Waals surface area contributed by atoms with Gasteiger partial charge in [0.05, 0.1) is 0 Å². The van der Waals surface area contributed by atoms with Gasteiger partial charge in [0, 0.05) is 21.7 Å². The molecule has 2 heterocycles. The molecule has 0 unspecified atom stereocenters. The number of nitrogens with zero attached hydrogens (tertiary/aromatic N) is 2. The highest BCUT2D eigenvalue weighted by atomic mass is 32.1. The normalized spacial score (nSPS) is 11.5. The van der Waals surface area contributed by atoms with E-state index in [0.717, 1.165) is 10.2 Å². The molecule has 0 aliphatic rings. The molecule has 0 saturated carbocycles. The summed E-state index contributed by atoms with van der Waals surface area (Å²) in [6.45, 7) is 0. The first-order valence-corrected chi connectivity index (χ1v) is 6.25. The molecule has 4 rings (SSSR count). The number of hydrogen-bond acceptors (Lipinski definition) is 3. The average Bonchev–Trinajstić information content (AvgIpc) is 2.78. The van der Waals surface area contributed by atoms with Gasteiger partial charge in [-0.1, -0.05) is 36.4 Å². The zero-order valence-electron chi connectivity index (χ0n) is 8.92. The minimum atomic E-state index is 1.06. The van der Waals surface area contributed by atoms with Crippen LogP contribution < -0.4 is 0 Å². The number of hydrogen-bond donors (Lipinski definition) is 0.